The molecule has 1 heterocycles. The Bertz CT molecular complexity index is 1220. The van der Waals surface area contributed by atoms with Gasteiger partial charge in [-0.05, 0) is 55.5 Å². The fraction of sp³-hybridized carbons (Fsp3) is 0.240. The van der Waals surface area contributed by atoms with Gasteiger partial charge in [0.05, 0.1) is 17.1 Å². The van der Waals surface area contributed by atoms with E-state index in [4.69, 9.17) is 14.2 Å². The monoisotopic (exact) mass is 482 g/mol. The number of nitrogens with zero attached hydrogens (tertiary/aromatic N) is 1. The van der Waals surface area contributed by atoms with Crippen LogP contribution in [-0.4, -0.2) is 46.7 Å². The van der Waals surface area contributed by atoms with E-state index >= 15 is 0 Å². The summed E-state index contributed by atoms with van der Waals surface area (Å²) in [7, 11) is -3.72. The highest BCUT2D eigenvalue weighted by atomic mass is 32.2. The van der Waals surface area contributed by atoms with E-state index < -0.39 is 10.0 Å². The lowest BCUT2D eigenvalue weighted by molar-refractivity contribution is -0.123. The number of hydrogen-bond donors (Lipinski definition) is 1. The topological polar surface area (TPSA) is 94.2 Å². The minimum Gasteiger partial charge on any atom is -0.486 e. The van der Waals surface area contributed by atoms with Crippen molar-refractivity contribution in [3.63, 3.8) is 0 Å². The molecule has 0 radical (unpaired) electrons. The van der Waals surface area contributed by atoms with Crippen molar-refractivity contribution in [1.82, 2.24) is 5.32 Å². The smallest absolute Gasteiger partial charge is 0.264 e. The second kappa shape index (κ2) is 10.5. The standard InChI is InChI=1S/C25H26N2O6S/c1-2-27(19-8-4-3-5-9-19)34(29,30)22-14-12-20(13-15-22)31-18-25(28)26-16-21-17-32-23-10-6-7-11-24(23)33-21/h3-15,21H,2,16-18H2,1H3,(H,26,28)/t21-/m1/s1. The van der Waals surface area contributed by atoms with Crippen LogP contribution in [0.1, 0.15) is 6.92 Å². The number of ether oxygens (including phenoxy) is 3. The maximum absolute atomic E-state index is 13.1. The summed E-state index contributed by atoms with van der Waals surface area (Å²) in [4.78, 5) is 12.3. The molecule has 1 atom stereocenters. The maximum Gasteiger partial charge on any atom is 0.264 e. The number of carbonyl (C=O) groups excluding carboxylic acids is 1. The van der Waals surface area contributed by atoms with E-state index in [-0.39, 0.29) is 30.1 Å². The molecule has 3 aromatic rings. The predicted molar refractivity (Wildman–Crippen MR) is 128 cm³/mol. The summed E-state index contributed by atoms with van der Waals surface area (Å²) >= 11 is 0. The molecule has 178 valence electrons. The Morgan fingerprint density at radius 1 is 1.00 bits per heavy atom. The number of nitrogens with one attached hydrogen (secondary N) is 1. The summed E-state index contributed by atoms with van der Waals surface area (Å²) in [6.45, 7) is 2.49. The summed E-state index contributed by atoms with van der Waals surface area (Å²) in [6.07, 6.45) is -0.297. The molecule has 3 aromatic carbocycles. The van der Waals surface area contributed by atoms with Crippen LogP contribution in [0.3, 0.4) is 0 Å². The van der Waals surface area contributed by atoms with Crippen LogP contribution >= 0.6 is 0 Å². The third-order valence-electron chi connectivity index (χ3n) is 5.21. The zero-order valence-electron chi connectivity index (χ0n) is 18.7. The van der Waals surface area contributed by atoms with Crippen LogP contribution in [-0.2, 0) is 14.8 Å². The van der Waals surface area contributed by atoms with Crippen LogP contribution in [0.15, 0.2) is 83.8 Å². The van der Waals surface area contributed by atoms with Crippen molar-refractivity contribution >= 4 is 21.6 Å². The molecule has 1 N–H and O–H groups in total. The van der Waals surface area contributed by atoms with Crippen molar-refractivity contribution < 1.29 is 27.4 Å². The molecular formula is C25H26N2O6S. The molecule has 9 heteroatoms. The van der Waals surface area contributed by atoms with E-state index in [9.17, 15) is 13.2 Å². The van der Waals surface area contributed by atoms with Gasteiger partial charge >= 0.3 is 0 Å². The second-order valence-corrected chi connectivity index (χ2v) is 9.43. The number of benzene rings is 3. The summed E-state index contributed by atoms with van der Waals surface area (Å²) in [5.41, 5.74) is 0.595. The number of para-hydroxylation sites is 3. The fourth-order valence-corrected chi connectivity index (χ4v) is 4.99. The normalized spacial score (nSPS) is 14.8. The van der Waals surface area contributed by atoms with Crippen molar-refractivity contribution in [1.29, 1.82) is 0 Å². The first-order valence-corrected chi connectivity index (χ1v) is 12.4. The van der Waals surface area contributed by atoms with Crippen molar-refractivity contribution in [2.24, 2.45) is 0 Å². The number of hydrogen-bond acceptors (Lipinski definition) is 6. The lowest BCUT2D eigenvalue weighted by Crippen LogP contribution is -2.42. The van der Waals surface area contributed by atoms with Gasteiger partial charge in [-0.15, -0.1) is 0 Å². The summed E-state index contributed by atoms with van der Waals surface area (Å²) < 4.78 is 44.4. The Balaban J connectivity index is 1.28. The number of fused-ring (bicyclic) bond motifs is 1. The fourth-order valence-electron chi connectivity index (χ4n) is 3.51. The molecule has 0 aromatic heterocycles. The Labute approximate surface area is 199 Å². The predicted octanol–water partition coefficient (Wildman–Crippen LogP) is 3.24. The largest absolute Gasteiger partial charge is 0.486 e. The van der Waals surface area contributed by atoms with Crippen molar-refractivity contribution in [2.75, 3.05) is 30.6 Å². The lowest BCUT2D eigenvalue weighted by Gasteiger charge is -2.26. The van der Waals surface area contributed by atoms with Gasteiger partial charge in [0.1, 0.15) is 18.5 Å². The van der Waals surface area contributed by atoms with Gasteiger partial charge < -0.3 is 19.5 Å². The highest BCUT2D eigenvalue weighted by molar-refractivity contribution is 7.92. The van der Waals surface area contributed by atoms with Crippen molar-refractivity contribution in [2.45, 2.75) is 17.9 Å². The maximum atomic E-state index is 13.1. The molecule has 0 unspecified atom stereocenters. The number of anilines is 1. The molecule has 4 rings (SSSR count). The Kier molecular flexibility index (Phi) is 7.22. The molecule has 0 aliphatic carbocycles. The van der Waals surface area contributed by atoms with E-state index in [0.717, 1.165) is 0 Å². The quantitative estimate of drug-likeness (QED) is 0.503. The first-order chi connectivity index (χ1) is 16.5. The lowest BCUT2D eigenvalue weighted by atomic mass is 10.2. The van der Waals surface area contributed by atoms with Gasteiger partial charge in [-0.1, -0.05) is 30.3 Å². The average Bonchev–Trinajstić information content (AvgIpc) is 2.87. The van der Waals surface area contributed by atoms with E-state index in [1.54, 1.807) is 31.2 Å². The molecule has 0 bridgehead atoms. The third-order valence-corrected chi connectivity index (χ3v) is 7.12. The van der Waals surface area contributed by atoms with Crippen LogP contribution in [0.4, 0.5) is 5.69 Å². The van der Waals surface area contributed by atoms with Gasteiger partial charge in [0.25, 0.3) is 15.9 Å². The van der Waals surface area contributed by atoms with Crippen LogP contribution in [0, 0.1) is 0 Å². The molecule has 0 saturated heterocycles. The molecular weight excluding hydrogens is 456 g/mol. The molecule has 1 aliphatic rings. The average molecular weight is 483 g/mol. The van der Waals surface area contributed by atoms with Crippen LogP contribution < -0.4 is 23.8 Å². The van der Waals surface area contributed by atoms with Crippen LogP contribution in [0.2, 0.25) is 0 Å². The van der Waals surface area contributed by atoms with E-state index in [1.165, 1.54) is 28.6 Å². The second-order valence-electron chi connectivity index (χ2n) is 7.57. The van der Waals surface area contributed by atoms with Gasteiger partial charge in [-0.3, -0.25) is 9.10 Å². The Morgan fingerprint density at radius 2 is 1.68 bits per heavy atom. The minimum atomic E-state index is -3.72. The molecule has 1 aliphatic heterocycles. The van der Waals surface area contributed by atoms with E-state index in [0.29, 0.717) is 36.1 Å². The van der Waals surface area contributed by atoms with E-state index in [2.05, 4.69) is 5.32 Å². The van der Waals surface area contributed by atoms with Crippen molar-refractivity contribution in [3.05, 3.63) is 78.9 Å². The minimum absolute atomic E-state index is 0.143. The van der Waals surface area contributed by atoms with Gasteiger partial charge in [0.2, 0.25) is 0 Å². The SMILES string of the molecule is CCN(c1ccccc1)S(=O)(=O)c1ccc(OCC(=O)NC[C@@H]2COc3ccccc3O2)cc1. The van der Waals surface area contributed by atoms with E-state index in [1.807, 2.05) is 30.3 Å². The Morgan fingerprint density at radius 3 is 2.38 bits per heavy atom. The number of sulfonamides is 1. The zero-order chi connectivity index (χ0) is 24.0. The summed E-state index contributed by atoms with van der Waals surface area (Å²) in [6, 6.07) is 22.3. The third kappa shape index (κ3) is 5.43. The number of amides is 1. The highest BCUT2D eigenvalue weighted by Gasteiger charge is 2.24. The zero-order valence-corrected chi connectivity index (χ0v) is 19.5. The molecule has 1 amide bonds. The molecule has 0 saturated carbocycles. The first kappa shape index (κ1) is 23.4. The highest BCUT2D eigenvalue weighted by Crippen LogP contribution is 2.30. The van der Waals surface area contributed by atoms with Crippen LogP contribution in [0.25, 0.3) is 0 Å². The van der Waals surface area contributed by atoms with Crippen molar-refractivity contribution in [3.8, 4) is 17.2 Å². The number of rotatable bonds is 9. The van der Waals surface area contributed by atoms with Gasteiger partial charge in [-0.25, -0.2) is 8.42 Å². The summed E-state index contributed by atoms with van der Waals surface area (Å²) in [5.74, 6) is 1.40. The number of carbonyl (C=O) groups is 1. The molecule has 8 nitrogen and oxygen atoms in total. The summed E-state index contributed by atoms with van der Waals surface area (Å²) in [5, 5.41) is 2.76. The van der Waals surface area contributed by atoms with Crippen LogP contribution in [0.5, 0.6) is 17.2 Å². The molecule has 0 fully saturated rings. The van der Waals surface area contributed by atoms with Gasteiger partial charge in [0, 0.05) is 6.54 Å². The molecule has 0 spiro atoms. The molecule has 34 heavy (non-hydrogen) atoms. The van der Waals surface area contributed by atoms with Gasteiger partial charge in [0.15, 0.2) is 18.1 Å². The van der Waals surface area contributed by atoms with Gasteiger partial charge in [-0.2, -0.15) is 0 Å². The Hall–Kier alpha value is -3.72. The first-order valence-electron chi connectivity index (χ1n) is 10.9.